The van der Waals surface area contributed by atoms with Crippen molar-refractivity contribution in [2.75, 3.05) is 11.9 Å². The highest BCUT2D eigenvalue weighted by atomic mass is 79.9. The van der Waals surface area contributed by atoms with Crippen molar-refractivity contribution in [2.24, 2.45) is 11.7 Å². The molecular weight excluding hydrogens is 262 g/mol. The predicted octanol–water partition coefficient (Wildman–Crippen LogP) is 0.671. The molecule has 0 saturated heterocycles. The van der Waals surface area contributed by atoms with E-state index in [9.17, 15) is 9.59 Å². The molecule has 1 atom stereocenters. The molecule has 0 aliphatic heterocycles. The Labute approximate surface area is 95.2 Å². The van der Waals surface area contributed by atoms with E-state index in [1.54, 1.807) is 13.0 Å². The number of halogens is 1. The molecule has 6 heteroatoms. The lowest BCUT2D eigenvalue weighted by Crippen LogP contribution is -2.29. The van der Waals surface area contributed by atoms with Crippen molar-refractivity contribution in [1.29, 1.82) is 0 Å². The van der Waals surface area contributed by atoms with E-state index in [0.717, 1.165) is 0 Å². The van der Waals surface area contributed by atoms with Crippen molar-refractivity contribution in [3.8, 4) is 0 Å². The molecule has 0 saturated carbocycles. The quantitative estimate of drug-likeness (QED) is 0.757. The van der Waals surface area contributed by atoms with E-state index in [-0.39, 0.29) is 29.6 Å². The molecule has 0 bridgehead atoms. The van der Waals surface area contributed by atoms with Crippen LogP contribution >= 0.6 is 15.9 Å². The monoisotopic (exact) mass is 273 g/mol. The zero-order chi connectivity index (χ0) is 11.4. The normalized spacial score (nSPS) is 12.2. The molecule has 0 aliphatic carbocycles. The lowest BCUT2D eigenvalue weighted by atomic mass is 10.1. The fourth-order valence-corrected chi connectivity index (χ4v) is 1.26. The number of nitrogens with two attached hydrogens (primary N) is 1. The number of anilines is 1. The summed E-state index contributed by atoms with van der Waals surface area (Å²) in [6.45, 7) is 1.94. The van der Waals surface area contributed by atoms with Crippen LogP contribution in [-0.4, -0.2) is 17.4 Å². The molecule has 1 amide bonds. The Balaban J connectivity index is 2.85. The number of aromatic nitrogens is 1. The minimum atomic E-state index is -0.337. The minimum absolute atomic E-state index is 0.217. The second-order valence-corrected chi connectivity index (χ2v) is 4.10. The van der Waals surface area contributed by atoms with Gasteiger partial charge in [-0.25, -0.2) is 0 Å². The van der Waals surface area contributed by atoms with Gasteiger partial charge >= 0.3 is 0 Å². The molecule has 15 heavy (non-hydrogen) atoms. The van der Waals surface area contributed by atoms with Crippen LogP contribution < -0.4 is 16.6 Å². The molecule has 1 unspecified atom stereocenters. The third-order valence-corrected chi connectivity index (χ3v) is 2.38. The van der Waals surface area contributed by atoms with Crippen molar-refractivity contribution in [2.45, 2.75) is 6.92 Å². The molecule has 0 aliphatic rings. The molecule has 1 rings (SSSR count). The largest absolute Gasteiger partial charge is 0.330 e. The summed E-state index contributed by atoms with van der Waals surface area (Å²) < 4.78 is 0.692. The second-order valence-electron chi connectivity index (χ2n) is 3.19. The summed E-state index contributed by atoms with van der Waals surface area (Å²) in [6, 6.07) is 1.54. The van der Waals surface area contributed by atoms with Crippen LogP contribution in [0.5, 0.6) is 0 Å². The van der Waals surface area contributed by atoms with E-state index in [2.05, 4.69) is 26.2 Å². The van der Waals surface area contributed by atoms with E-state index in [0.29, 0.717) is 4.47 Å². The van der Waals surface area contributed by atoms with Crippen LogP contribution in [0.2, 0.25) is 0 Å². The number of nitrogens with one attached hydrogen (secondary N) is 2. The smallest absolute Gasteiger partial charge is 0.271 e. The van der Waals surface area contributed by atoms with Gasteiger partial charge in [-0.05, 0) is 22.0 Å². The van der Waals surface area contributed by atoms with Gasteiger partial charge in [0.2, 0.25) is 5.91 Å². The Hall–Kier alpha value is -1.14. The Morgan fingerprint density at radius 2 is 2.40 bits per heavy atom. The summed E-state index contributed by atoms with van der Waals surface area (Å²) in [5, 5.41) is 2.51. The van der Waals surface area contributed by atoms with Crippen LogP contribution in [0.3, 0.4) is 0 Å². The van der Waals surface area contributed by atoms with Gasteiger partial charge < -0.3 is 16.0 Å². The summed E-state index contributed by atoms with van der Waals surface area (Å²) in [4.78, 5) is 25.2. The third-order valence-electron chi connectivity index (χ3n) is 1.93. The number of H-pyrrole nitrogens is 1. The Bertz CT molecular complexity index is 416. The summed E-state index contributed by atoms with van der Waals surface area (Å²) in [5.41, 5.74) is 5.22. The lowest BCUT2D eigenvalue weighted by molar-refractivity contribution is -0.119. The molecule has 5 nitrogen and oxygen atoms in total. The van der Waals surface area contributed by atoms with E-state index in [4.69, 9.17) is 5.73 Å². The molecular formula is C9H12BrN3O2. The predicted molar refractivity (Wildman–Crippen MR) is 61.6 cm³/mol. The number of carbonyl (C=O) groups is 1. The fraction of sp³-hybridized carbons (Fsp3) is 0.333. The third kappa shape index (κ3) is 3.17. The maximum Gasteiger partial charge on any atom is 0.271 e. The standard InChI is InChI=1S/C9H12BrN3O2/c1-5(3-11)8(14)13-7-2-6(10)4-12-9(7)15/h2,4-5H,3,11H2,1H3,(H,12,15)(H,13,14). The first-order chi connectivity index (χ1) is 7.04. The number of hydrogen-bond acceptors (Lipinski definition) is 3. The molecule has 1 aromatic heterocycles. The summed E-state index contributed by atoms with van der Waals surface area (Å²) in [6.07, 6.45) is 1.50. The first kappa shape index (κ1) is 11.9. The van der Waals surface area contributed by atoms with Crippen LogP contribution in [0.4, 0.5) is 5.69 Å². The lowest BCUT2D eigenvalue weighted by Gasteiger charge is -2.08. The van der Waals surface area contributed by atoms with Gasteiger partial charge in [0.15, 0.2) is 0 Å². The van der Waals surface area contributed by atoms with Crippen LogP contribution in [0, 0.1) is 5.92 Å². The highest BCUT2D eigenvalue weighted by Crippen LogP contribution is 2.10. The molecule has 0 aromatic carbocycles. The van der Waals surface area contributed by atoms with Crippen molar-refractivity contribution in [1.82, 2.24) is 4.98 Å². The van der Waals surface area contributed by atoms with Gasteiger partial charge in [-0.2, -0.15) is 0 Å². The zero-order valence-electron chi connectivity index (χ0n) is 8.21. The molecule has 1 heterocycles. The number of amides is 1. The number of rotatable bonds is 3. The van der Waals surface area contributed by atoms with Gasteiger partial charge in [-0.3, -0.25) is 9.59 Å². The Kier molecular flexibility index (Phi) is 4.05. The first-order valence-electron chi connectivity index (χ1n) is 4.43. The highest BCUT2D eigenvalue weighted by molar-refractivity contribution is 9.10. The van der Waals surface area contributed by atoms with E-state index < -0.39 is 0 Å². The molecule has 82 valence electrons. The first-order valence-corrected chi connectivity index (χ1v) is 5.23. The van der Waals surface area contributed by atoms with Crippen molar-refractivity contribution in [3.05, 3.63) is 27.1 Å². The van der Waals surface area contributed by atoms with E-state index in [1.165, 1.54) is 6.20 Å². The Morgan fingerprint density at radius 1 is 1.73 bits per heavy atom. The van der Waals surface area contributed by atoms with Gasteiger partial charge in [0.25, 0.3) is 5.56 Å². The van der Waals surface area contributed by atoms with Crippen molar-refractivity contribution >= 4 is 27.5 Å². The van der Waals surface area contributed by atoms with Gasteiger partial charge in [0.1, 0.15) is 5.69 Å². The second kappa shape index (κ2) is 5.09. The van der Waals surface area contributed by atoms with E-state index in [1.807, 2.05) is 0 Å². The SMILES string of the molecule is CC(CN)C(=O)Nc1cc(Br)c[nH]c1=O. The minimum Gasteiger partial charge on any atom is -0.330 e. The van der Waals surface area contributed by atoms with Crippen LogP contribution in [0.1, 0.15) is 6.92 Å². The number of carbonyl (C=O) groups excluding carboxylic acids is 1. The zero-order valence-corrected chi connectivity index (χ0v) is 9.80. The average Bonchev–Trinajstić information content (AvgIpc) is 2.22. The highest BCUT2D eigenvalue weighted by Gasteiger charge is 2.12. The Morgan fingerprint density at radius 3 is 3.00 bits per heavy atom. The maximum atomic E-state index is 11.4. The van der Waals surface area contributed by atoms with Crippen molar-refractivity contribution in [3.63, 3.8) is 0 Å². The maximum absolute atomic E-state index is 11.4. The molecule has 4 N–H and O–H groups in total. The van der Waals surface area contributed by atoms with Gasteiger partial charge in [0, 0.05) is 23.1 Å². The number of pyridine rings is 1. The fourth-order valence-electron chi connectivity index (χ4n) is 0.913. The van der Waals surface area contributed by atoms with Crippen molar-refractivity contribution < 1.29 is 4.79 Å². The summed E-state index contributed by atoms with van der Waals surface area (Å²) >= 11 is 3.19. The summed E-state index contributed by atoms with van der Waals surface area (Å²) in [7, 11) is 0. The van der Waals surface area contributed by atoms with Gasteiger partial charge in [0.05, 0.1) is 0 Å². The van der Waals surface area contributed by atoms with E-state index >= 15 is 0 Å². The summed E-state index contributed by atoms with van der Waals surface area (Å²) in [5.74, 6) is -0.579. The average molecular weight is 274 g/mol. The molecule has 0 spiro atoms. The van der Waals surface area contributed by atoms with Gasteiger partial charge in [-0.15, -0.1) is 0 Å². The number of hydrogen-bond donors (Lipinski definition) is 3. The molecule has 0 fully saturated rings. The molecule has 0 radical (unpaired) electrons. The topological polar surface area (TPSA) is 88.0 Å². The number of aromatic amines is 1. The van der Waals surface area contributed by atoms with Crippen LogP contribution in [0.25, 0.3) is 0 Å². The van der Waals surface area contributed by atoms with Gasteiger partial charge in [-0.1, -0.05) is 6.92 Å². The van der Waals surface area contributed by atoms with Crippen LogP contribution in [-0.2, 0) is 4.79 Å². The van der Waals surface area contributed by atoms with Crippen LogP contribution in [0.15, 0.2) is 21.5 Å². The molecule has 1 aromatic rings.